The average molecular weight is 371 g/mol. The number of hydrogen-bond acceptors (Lipinski definition) is 6. The molecule has 1 aliphatic rings. The highest BCUT2D eigenvalue weighted by atomic mass is 19.1. The number of ether oxygens (including phenoxy) is 1. The Balaban J connectivity index is 0.000000659. The van der Waals surface area contributed by atoms with Gasteiger partial charge in [0.15, 0.2) is 5.65 Å². The van der Waals surface area contributed by atoms with E-state index in [9.17, 15) is 4.39 Å². The van der Waals surface area contributed by atoms with Crippen LogP contribution in [0.25, 0.3) is 11.3 Å². The summed E-state index contributed by atoms with van der Waals surface area (Å²) >= 11 is 0. The lowest BCUT2D eigenvalue weighted by atomic mass is 10.2. The standard InChI is InChI=1S/C17H16FN5O.C2H6O/c1-11-14-10-21-23-6-4-16(22-17(14)23)20-9-12-8-13(18)2-3-15(12)24-7-5-19-11;1-2-3/h2-4,6,8,10,19H,1,5,7,9H2,(H,20,22);3H,2H2,1H3. The van der Waals surface area contributed by atoms with E-state index in [2.05, 4.69) is 27.3 Å². The number of nitrogens with zero attached hydrogens (tertiary/aromatic N) is 3. The van der Waals surface area contributed by atoms with E-state index in [1.807, 2.05) is 12.3 Å². The van der Waals surface area contributed by atoms with E-state index in [1.54, 1.807) is 23.7 Å². The van der Waals surface area contributed by atoms with Crippen molar-refractivity contribution in [3.63, 3.8) is 0 Å². The highest BCUT2D eigenvalue weighted by Crippen LogP contribution is 2.22. The Kier molecular flexibility index (Phi) is 5.87. The first-order chi connectivity index (χ1) is 13.1. The second-order valence-electron chi connectivity index (χ2n) is 5.81. The number of rotatable bonds is 0. The molecule has 2 bridgehead atoms. The molecule has 0 fully saturated rings. The van der Waals surface area contributed by atoms with E-state index in [-0.39, 0.29) is 12.4 Å². The average Bonchev–Trinajstić information content (AvgIpc) is 3.08. The molecule has 3 N–H and O–H groups in total. The molecule has 0 saturated carbocycles. The van der Waals surface area contributed by atoms with E-state index >= 15 is 0 Å². The van der Waals surface area contributed by atoms with Gasteiger partial charge in [0.05, 0.1) is 11.8 Å². The largest absolute Gasteiger partial charge is 0.491 e. The van der Waals surface area contributed by atoms with E-state index < -0.39 is 0 Å². The van der Waals surface area contributed by atoms with Crippen LogP contribution in [0.5, 0.6) is 5.75 Å². The Morgan fingerprint density at radius 1 is 1.33 bits per heavy atom. The van der Waals surface area contributed by atoms with Crippen molar-refractivity contribution in [1.82, 2.24) is 19.9 Å². The molecule has 3 aromatic rings. The van der Waals surface area contributed by atoms with Crippen molar-refractivity contribution < 1.29 is 14.2 Å². The minimum absolute atomic E-state index is 0.250. The molecule has 7 nitrogen and oxygen atoms in total. The highest BCUT2D eigenvalue weighted by Gasteiger charge is 2.12. The van der Waals surface area contributed by atoms with E-state index in [4.69, 9.17) is 9.84 Å². The van der Waals surface area contributed by atoms with Crippen LogP contribution in [-0.2, 0) is 6.54 Å². The molecular weight excluding hydrogens is 349 g/mol. The summed E-state index contributed by atoms with van der Waals surface area (Å²) in [5, 5.41) is 18.3. The first kappa shape index (κ1) is 18.7. The van der Waals surface area contributed by atoms with Crippen LogP contribution in [0.3, 0.4) is 0 Å². The van der Waals surface area contributed by atoms with Crippen molar-refractivity contribution >= 4 is 17.2 Å². The second-order valence-corrected chi connectivity index (χ2v) is 5.81. The summed E-state index contributed by atoms with van der Waals surface area (Å²) < 4.78 is 21.0. The van der Waals surface area contributed by atoms with Gasteiger partial charge in [0.1, 0.15) is 24.0 Å². The van der Waals surface area contributed by atoms with Crippen molar-refractivity contribution in [1.29, 1.82) is 0 Å². The van der Waals surface area contributed by atoms with Crippen molar-refractivity contribution in [3.05, 3.63) is 60.2 Å². The first-order valence-electron chi connectivity index (χ1n) is 8.66. The predicted molar refractivity (Wildman–Crippen MR) is 102 cm³/mol. The summed E-state index contributed by atoms with van der Waals surface area (Å²) in [7, 11) is 0. The minimum atomic E-state index is -0.295. The van der Waals surface area contributed by atoms with Crippen molar-refractivity contribution in [2.24, 2.45) is 0 Å². The molecule has 0 amide bonds. The molecule has 0 saturated heterocycles. The van der Waals surface area contributed by atoms with Crippen LogP contribution >= 0.6 is 0 Å². The van der Waals surface area contributed by atoms with E-state index in [1.165, 1.54) is 12.1 Å². The molecule has 0 atom stereocenters. The zero-order valence-corrected chi connectivity index (χ0v) is 15.1. The lowest BCUT2D eigenvalue weighted by molar-refractivity contribution is 0.318. The fraction of sp³-hybridized carbons (Fsp3) is 0.263. The minimum Gasteiger partial charge on any atom is -0.491 e. The smallest absolute Gasteiger partial charge is 0.166 e. The Morgan fingerprint density at radius 2 is 2.15 bits per heavy atom. The van der Waals surface area contributed by atoms with Crippen LogP contribution in [-0.4, -0.2) is 39.5 Å². The third-order valence-electron chi connectivity index (χ3n) is 3.87. The zero-order chi connectivity index (χ0) is 19.2. The molecule has 8 heteroatoms. The predicted octanol–water partition coefficient (Wildman–Crippen LogP) is 2.43. The van der Waals surface area contributed by atoms with E-state index in [0.29, 0.717) is 36.9 Å². The third kappa shape index (κ3) is 4.35. The van der Waals surface area contributed by atoms with Gasteiger partial charge < -0.3 is 20.5 Å². The van der Waals surface area contributed by atoms with Crippen LogP contribution in [0.15, 0.2) is 43.2 Å². The number of aliphatic hydroxyl groups excluding tert-OH is 1. The quantitative estimate of drug-likeness (QED) is 0.563. The van der Waals surface area contributed by atoms with Crippen LogP contribution in [0.1, 0.15) is 18.1 Å². The molecule has 142 valence electrons. The van der Waals surface area contributed by atoms with Crippen molar-refractivity contribution in [2.45, 2.75) is 13.5 Å². The van der Waals surface area contributed by atoms with Crippen LogP contribution < -0.4 is 15.4 Å². The van der Waals surface area contributed by atoms with Gasteiger partial charge in [-0.2, -0.15) is 5.10 Å². The molecular formula is C19H22FN5O2. The summed E-state index contributed by atoms with van der Waals surface area (Å²) in [6.07, 6.45) is 3.55. The first-order valence-corrected chi connectivity index (χ1v) is 8.66. The number of fused-ring (bicyclic) bond motifs is 2. The van der Waals surface area contributed by atoms with Gasteiger partial charge in [0, 0.05) is 37.2 Å². The molecule has 1 aromatic carbocycles. The van der Waals surface area contributed by atoms with Gasteiger partial charge in [0.2, 0.25) is 0 Å². The number of benzene rings is 1. The number of nitrogens with one attached hydrogen (secondary N) is 2. The summed E-state index contributed by atoms with van der Waals surface area (Å²) in [5.74, 6) is 1.03. The zero-order valence-electron chi connectivity index (χ0n) is 15.1. The maximum absolute atomic E-state index is 13.6. The fourth-order valence-corrected chi connectivity index (χ4v) is 2.65. The maximum atomic E-state index is 13.6. The molecule has 0 radical (unpaired) electrons. The molecule has 4 rings (SSSR count). The molecule has 3 heterocycles. The Labute approximate surface area is 156 Å². The maximum Gasteiger partial charge on any atom is 0.166 e. The molecule has 0 aliphatic carbocycles. The van der Waals surface area contributed by atoms with Crippen LogP contribution in [0.2, 0.25) is 0 Å². The number of hydrogen-bond donors (Lipinski definition) is 3. The van der Waals surface area contributed by atoms with E-state index in [0.717, 1.165) is 16.8 Å². The molecule has 0 unspecified atom stereocenters. The van der Waals surface area contributed by atoms with Gasteiger partial charge in [-0.15, -0.1) is 0 Å². The van der Waals surface area contributed by atoms with Gasteiger partial charge in [-0.1, -0.05) is 6.58 Å². The second kappa shape index (κ2) is 8.50. The van der Waals surface area contributed by atoms with Gasteiger partial charge in [0.25, 0.3) is 0 Å². The highest BCUT2D eigenvalue weighted by molar-refractivity contribution is 5.73. The van der Waals surface area contributed by atoms with Gasteiger partial charge in [-0.3, -0.25) is 0 Å². The number of anilines is 1. The lowest BCUT2D eigenvalue weighted by Crippen LogP contribution is -2.19. The molecule has 27 heavy (non-hydrogen) atoms. The Morgan fingerprint density at radius 3 is 2.96 bits per heavy atom. The van der Waals surface area contributed by atoms with Crippen LogP contribution in [0.4, 0.5) is 10.2 Å². The summed E-state index contributed by atoms with van der Waals surface area (Å²) in [5.41, 5.74) is 3.01. The van der Waals surface area contributed by atoms with Crippen LogP contribution in [0, 0.1) is 5.82 Å². The van der Waals surface area contributed by atoms with Gasteiger partial charge >= 0.3 is 0 Å². The van der Waals surface area contributed by atoms with Gasteiger partial charge in [-0.25, -0.2) is 13.9 Å². The normalized spacial score (nSPS) is 13.7. The third-order valence-corrected chi connectivity index (χ3v) is 3.87. The number of halogens is 1. The molecule has 2 aromatic heterocycles. The lowest BCUT2D eigenvalue weighted by Gasteiger charge is -2.13. The number of aliphatic hydroxyl groups is 1. The Hall–Kier alpha value is -3.13. The summed E-state index contributed by atoms with van der Waals surface area (Å²) in [6.45, 7) is 7.39. The summed E-state index contributed by atoms with van der Waals surface area (Å²) in [4.78, 5) is 4.58. The van der Waals surface area contributed by atoms with Crippen molar-refractivity contribution in [3.8, 4) is 5.75 Å². The topological polar surface area (TPSA) is 83.7 Å². The monoisotopic (exact) mass is 371 g/mol. The molecule has 0 spiro atoms. The summed E-state index contributed by atoms with van der Waals surface area (Å²) in [6, 6.07) is 6.33. The number of aromatic nitrogens is 3. The SMILES string of the molecule is C=C1NCCOc2ccc(F)cc2CNc2ccn3ncc1c3n2.CCO. The van der Waals surface area contributed by atoms with Gasteiger partial charge in [-0.05, 0) is 31.2 Å². The molecule has 1 aliphatic heterocycles. The fourth-order valence-electron chi connectivity index (χ4n) is 2.65. The Bertz CT molecular complexity index is 941. The van der Waals surface area contributed by atoms with Crippen molar-refractivity contribution in [2.75, 3.05) is 25.1 Å².